The highest BCUT2D eigenvalue weighted by molar-refractivity contribution is 7.99. The minimum Gasteiger partial charge on any atom is -0.497 e. The molecule has 0 radical (unpaired) electrons. The number of ether oxygens (including phenoxy) is 1. The van der Waals surface area contributed by atoms with Crippen molar-refractivity contribution in [1.82, 2.24) is 0 Å². The van der Waals surface area contributed by atoms with Crippen molar-refractivity contribution in [2.45, 2.75) is 9.79 Å². The maximum Gasteiger partial charge on any atom is 0.262 e. The molecule has 124 valence electrons. The average molecular weight is 368 g/mol. The van der Waals surface area contributed by atoms with E-state index in [1.54, 1.807) is 48.0 Å². The highest BCUT2D eigenvalue weighted by atomic mass is 35.5. The molecule has 4 rings (SSSR count). The van der Waals surface area contributed by atoms with Crippen molar-refractivity contribution >= 4 is 40.6 Å². The van der Waals surface area contributed by atoms with Gasteiger partial charge in [-0.2, -0.15) is 0 Å². The Hall–Kier alpha value is -2.43. The summed E-state index contributed by atoms with van der Waals surface area (Å²) in [6, 6.07) is 20.6. The Morgan fingerprint density at radius 2 is 1.68 bits per heavy atom. The van der Waals surface area contributed by atoms with E-state index in [1.165, 1.54) is 0 Å². The summed E-state index contributed by atoms with van der Waals surface area (Å²) in [5.74, 6) is 0.636. The van der Waals surface area contributed by atoms with Gasteiger partial charge in [0.05, 0.1) is 18.5 Å². The molecule has 3 nitrogen and oxygen atoms in total. The Morgan fingerprint density at radius 1 is 0.960 bits per heavy atom. The molecule has 0 N–H and O–H groups in total. The lowest BCUT2D eigenvalue weighted by molar-refractivity contribution is 0.0998. The number of fused-ring (bicyclic) bond motifs is 2. The number of benzene rings is 3. The summed E-state index contributed by atoms with van der Waals surface area (Å²) >= 11 is 7.77. The van der Waals surface area contributed by atoms with Gasteiger partial charge < -0.3 is 4.74 Å². The van der Waals surface area contributed by atoms with Crippen LogP contribution in [0.15, 0.2) is 76.5 Å². The second kappa shape index (κ2) is 6.47. The lowest BCUT2D eigenvalue weighted by Gasteiger charge is -2.31. The van der Waals surface area contributed by atoms with Gasteiger partial charge in [-0.3, -0.25) is 9.69 Å². The summed E-state index contributed by atoms with van der Waals surface area (Å²) in [6.07, 6.45) is 0. The molecular formula is C20H14ClNO2S. The minimum absolute atomic E-state index is 0.0843. The number of carbonyl (C=O) groups is 1. The molecule has 0 aliphatic carbocycles. The second-order valence-electron chi connectivity index (χ2n) is 5.55. The van der Waals surface area contributed by atoms with E-state index in [1.807, 2.05) is 42.5 Å². The molecule has 3 aromatic carbocycles. The molecule has 5 heteroatoms. The fraction of sp³-hybridized carbons (Fsp3) is 0.0500. The van der Waals surface area contributed by atoms with Crippen LogP contribution in [0, 0.1) is 0 Å². The van der Waals surface area contributed by atoms with Gasteiger partial charge in [0, 0.05) is 20.4 Å². The number of carbonyl (C=O) groups excluding carboxylic acids is 1. The zero-order chi connectivity index (χ0) is 17.4. The molecule has 25 heavy (non-hydrogen) atoms. The van der Waals surface area contributed by atoms with Crippen molar-refractivity contribution in [2.24, 2.45) is 0 Å². The molecule has 0 saturated heterocycles. The number of anilines is 2. The molecule has 0 unspecified atom stereocenters. The van der Waals surface area contributed by atoms with Crippen LogP contribution in [-0.2, 0) is 0 Å². The Kier molecular flexibility index (Phi) is 4.15. The quantitative estimate of drug-likeness (QED) is 0.574. The Bertz CT molecular complexity index is 956. The van der Waals surface area contributed by atoms with E-state index in [0.29, 0.717) is 10.6 Å². The van der Waals surface area contributed by atoms with Gasteiger partial charge in [-0.05, 0) is 54.6 Å². The first-order chi connectivity index (χ1) is 12.2. The van der Waals surface area contributed by atoms with E-state index in [4.69, 9.17) is 16.3 Å². The monoisotopic (exact) mass is 367 g/mol. The first-order valence-corrected chi connectivity index (χ1v) is 8.92. The molecule has 1 aliphatic heterocycles. The molecule has 1 aliphatic rings. The number of halogens is 1. The van der Waals surface area contributed by atoms with Crippen LogP contribution in [0.4, 0.5) is 11.4 Å². The van der Waals surface area contributed by atoms with Gasteiger partial charge in [0.15, 0.2) is 0 Å². The van der Waals surface area contributed by atoms with Crippen molar-refractivity contribution in [2.75, 3.05) is 12.0 Å². The van der Waals surface area contributed by atoms with Crippen LogP contribution >= 0.6 is 23.4 Å². The number of hydrogen-bond acceptors (Lipinski definition) is 3. The SMILES string of the molecule is COc1ccc(C(=O)N2c3ccccc3Sc3cc(Cl)ccc32)cc1. The highest BCUT2D eigenvalue weighted by Crippen LogP contribution is 2.49. The second-order valence-corrected chi connectivity index (χ2v) is 7.07. The maximum absolute atomic E-state index is 13.3. The van der Waals surface area contributed by atoms with Crippen molar-refractivity contribution in [3.63, 3.8) is 0 Å². The Balaban J connectivity index is 1.84. The smallest absolute Gasteiger partial charge is 0.262 e. The van der Waals surface area contributed by atoms with Gasteiger partial charge in [-0.1, -0.05) is 35.5 Å². The summed E-state index contributed by atoms with van der Waals surface area (Å²) < 4.78 is 5.18. The van der Waals surface area contributed by atoms with E-state index in [9.17, 15) is 4.79 Å². The van der Waals surface area contributed by atoms with Gasteiger partial charge in [-0.15, -0.1) is 0 Å². The number of nitrogens with zero attached hydrogens (tertiary/aromatic N) is 1. The van der Waals surface area contributed by atoms with Crippen molar-refractivity contribution in [3.8, 4) is 5.75 Å². The lowest BCUT2D eigenvalue weighted by Crippen LogP contribution is -2.28. The number of hydrogen-bond donors (Lipinski definition) is 0. The predicted octanol–water partition coefficient (Wildman–Crippen LogP) is 5.79. The van der Waals surface area contributed by atoms with Gasteiger partial charge in [0.1, 0.15) is 5.75 Å². The fourth-order valence-corrected chi connectivity index (χ4v) is 4.15. The Labute approximate surface area is 155 Å². The molecule has 0 saturated carbocycles. The average Bonchev–Trinajstić information content (AvgIpc) is 2.65. The third kappa shape index (κ3) is 2.88. The van der Waals surface area contributed by atoms with Gasteiger partial charge >= 0.3 is 0 Å². The van der Waals surface area contributed by atoms with Crippen LogP contribution in [0.1, 0.15) is 10.4 Å². The lowest BCUT2D eigenvalue weighted by atomic mass is 10.1. The minimum atomic E-state index is -0.0843. The first kappa shape index (κ1) is 16.1. The van der Waals surface area contributed by atoms with Crippen molar-refractivity contribution in [1.29, 1.82) is 0 Å². The van der Waals surface area contributed by atoms with Crippen molar-refractivity contribution in [3.05, 3.63) is 77.3 Å². The summed E-state index contributed by atoms with van der Waals surface area (Å²) in [5, 5.41) is 0.655. The standard InChI is InChI=1S/C20H14ClNO2S/c1-24-15-9-6-13(7-10-15)20(23)22-16-4-2-3-5-18(16)25-19-12-14(21)8-11-17(19)22/h2-12H,1H3. The first-order valence-electron chi connectivity index (χ1n) is 7.72. The van der Waals surface area contributed by atoms with Crippen LogP contribution in [0.3, 0.4) is 0 Å². The molecule has 0 spiro atoms. The van der Waals surface area contributed by atoms with E-state index in [-0.39, 0.29) is 5.91 Å². The van der Waals surface area contributed by atoms with E-state index >= 15 is 0 Å². The molecular weight excluding hydrogens is 354 g/mol. The normalized spacial score (nSPS) is 12.3. The maximum atomic E-state index is 13.3. The molecule has 1 heterocycles. The Morgan fingerprint density at radius 3 is 2.44 bits per heavy atom. The van der Waals surface area contributed by atoms with Gasteiger partial charge in [0.25, 0.3) is 5.91 Å². The van der Waals surface area contributed by atoms with Crippen LogP contribution in [-0.4, -0.2) is 13.0 Å². The van der Waals surface area contributed by atoms with Gasteiger partial charge in [-0.25, -0.2) is 0 Å². The molecule has 1 amide bonds. The summed E-state index contributed by atoms with van der Waals surface area (Å²) in [5.41, 5.74) is 2.32. The van der Waals surface area contributed by atoms with Crippen LogP contribution < -0.4 is 9.64 Å². The van der Waals surface area contributed by atoms with Crippen molar-refractivity contribution < 1.29 is 9.53 Å². The van der Waals surface area contributed by atoms with E-state index < -0.39 is 0 Å². The molecule has 0 bridgehead atoms. The fourth-order valence-electron chi connectivity index (χ4n) is 2.81. The predicted molar refractivity (Wildman–Crippen MR) is 101 cm³/mol. The van der Waals surface area contributed by atoms with Crippen LogP contribution in [0.25, 0.3) is 0 Å². The highest BCUT2D eigenvalue weighted by Gasteiger charge is 2.29. The number of amides is 1. The zero-order valence-electron chi connectivity index (χ0n) is 13.4. The van der Waals surface area contributed by atoms with E-state index in [0.717, 1.165) is 26.9 Å². The van der Waals surface area contributed by atoms with Gasteiger partial charge in [0.2, 0.25) is 0 Å². The number of rotatable bonds is 2. The summed E-state index contributed by atoms with van der Waals surface area (Å²) in [4.78, 5) is 17.0. The summed E-state index contributed by atoms with van der Waals surface area (Å²) in [7, 11) is 1.61. The third-order valence-corrected chi connectivity index (χ3v) is 5.38. The van der Waals surface area contributed by atoms with E-state index in [2.05, 4.69) is 0 Å². The van der Waals surface area contributed by atoms with Crippen LogP contribution in [0.5, 0.6) is 5.75 Å². The molecule has 3 aromatic rings. The number of methoxy groups -OCH3 is 1. The zero-order valence-corrected chi connectivity index (χ0v) is 15.0. The van der Waals surface area contributed by atoms with Crippen LogP contribution in [0.2, 0.25) is 5.02 Å². The summed E-state index contributed by atoms with van der Waals surface area (Å²) in [6.45, 7) is 0. The topological polar surface area (TPSA) is 29.5 Å². The molecule has 0 fully saturated rings. The largest absolute Gasteiger partial charge is 0.497 e. The molecule has 0 atom stereocenters. The third-order valence-electron chi connectivity index (χ3n) is 4.03. The molecule has 0 aromatic heterocycles. The number of para-hydroxylation sites is 1.